The first-order chi connectivity index (χ1) is 18.7. The number of para-hydroxylation sites is 1. The lowest BCUT2D eigenvalue weighted by Crippen LogP contribution is -2.17. The number of hydrogen-bond donors (Lipinski definition) is 0. The molecule has 0 aliphatic heterocycles. The molecule has 196 valence electrons. The zero-order chi connectivity index (χ0) is 27.6. The van der Waals surface area contributed by atoms with Gasteiger partial charge in [0.25, 0.3) is 5.69 Å². The second-order valence-corrected chi connectivity index (χ2v) is 9.22. The molecule has 5 rings (SSSR count). The summed E-state index contributed by atoms with van der Waals surface area (Å²) in [5, 5.41) is 13.1. The Morgan fingerprint density at radius 2 is 1.85 bits per heavy atom. The molecule has 11 heteroatoms. The van der Waals surface area contributed by atoms with Crippen LogP contribution in [-0.2, 0) is 6.42 Å². The van der Waals surface area contributed by atoms with Gasteiger partial charge < -0.3 is 4.74 Å². The third-order valence-electron chi connectivity index (χ3n) is 5.99. The molecule has 0 bridgehead atoms. The van der Waals surface area contributed by atoms with Crippen molar-refractivity contribution in [2.24, 2.45) is 4.99 Å². The number of thiocarbonyl (C=S) groups is 1. The molecule has 0 saturated heterocycles. The van der Waals surface area contributed by atoms with E-state index in [0.717, 1.165) is 27.4 Å². The van der Waals surface area contributed by atoms with E-state index in [2.05, 4.69) is 14.7 Å². The number of ether oxygens (including phenoxy) is 1. The summed E-state index contributed by atoms with van der Waals surface area (Å²) < 4.78 is 43.1. The van der Waals surface area contributed by atoms with E-state index >= 15 is 0 Å². The fourth-order valence-electron chi connectivity index (χ4n) is 4.28. The quantitative estimate of drug-likeness (QED) is 0.0901. The van der Waals surface area contributed by atoms with Gasteiger partial charge >= 0.3 is 6.36 Å². The maximum absolute atomic E-state index is 12.5. The normalized spacial score (nSPS) is 11.9. The number of alkyl halides is 3. The first-order valence-electron chi connectivity index (χ1n) is 11.7. The van der Waals surface area contributed by atoms with Crippen LogP contribution >= 0.6 is 12.2 Å². The van der Waals surface area contributed by atoms with Gasteiger partial charge in [-0.1, -0.05) is 48.6 Å². The smallest absolute Gasteiger partial charge is 0.406 e. The van der Waals surface area contributed by atoms with Crippen LogP contribution in [0, 0.1) is 10.1 Å². The van der Waals surface area contributed by atoms with E-state index in [0.29, 0.717) is 22.5 Å². The van der Waals surface area contributed by atoms with Crippen molar-refractivity contribution in [3.63, 3.8) is 0 Å². The van der Waals surface area contributed by atoms with Gasteiger partial charge in [0.05, 0.1) is 22.5 Å². The fourth-order valence-corrected chi connectivity index (χ4v) is 4.51. The summed E-state index contributed by atoms with van der Waals surface area (Å²) in [5.74, 6) is -0.294. The minimum absolute atomic E-state index is 0.0413. The Kier molecular flexibility index (Phi) is 7.07. The minimum atomic E-state index is -4.75. The molecule has 0 aliphatic rings. The molecule has 0 atom stereocenters. The lowest BCUT2D eigenvalue weighted by molar-refractivity contribution is -0.385. The molecule has 0 aliphatic carbocycles. The number of nitro groups is 1. The molecule has 0 amide bonds. The van der Waals surface area contributed by atoms with E-state index in [1.807, 2.05) is 30.3 Å². The SMILES string of the molecule is O=[N+]([O-])c1ccccc1CC(=S)CN=Cc1ccc2c(ccc3c2ncn3-c2ccc(OC(F)(F)F)cc2)c1. The highest BCUT2D eigenvalue weighted by atomic mass is 32.1. The second-order valence-electron chi connectivity index (χ2n) is 8.64. The van der Waals surface area contributed by atoms with Gasteiger partial charge in [0.1, 0.15) is 12.1 Å². The van der Waals surface area contributed by atoms with Gasteiger partial charge in [-0.2, -0.15) is 0 Å². The Bertz CT molecular complexity index is 1730. The highest BCUT2D eigenvalue weighted by Gasteiger charge is 2.31. The Balaban J connectivity index is 1.31. The maximum Gasteiger partial charge on any atom is 0.573 e. The second kappa shape index (κ2) is 10.6. The number of nitro benzene ring substituents is 1. The van der Waals surface area contributed by atoms with Gasteiger partial charge in [-0.05, 0) is 47.3 Å². The molecule has 0 unspecified atom stereocenters. The van der Waals surface area contributed by atoms with Crippen molar-refractivity contribution in [1.82, 2.24) is 9.55 Å². The van der Waals surface area contributed by atoms with E-state index in [-0.39, 0.29) is 18.0 Å². The number of hydrogen-bond acceptors (Lipinski definition) is 6. The summed E-state index contributed by atoms with van der Waals surface area (Å²) in [6.07, 6.45) is -1.13. The molecule has 39 heavy (non-hydrogen) atoms. The van der Waals surface area contributed by atoms with E-state index in [4.69, 9.17) is 12.2 Å². The number of benzene rings is 4. The number of aliphatic imine (C=N–C) groups is 1. The number of nitrogens with zero attached hydrogens (tertiary/aromatic N) is 4. The zero-order valence-corrected chi connectivity index (χ0v) is 20.9. The summed E-state index contributed by atoms with van der Waals surface area (Å²) in [5.41, 5.74) is 3.65. The third-order valence-corrected chi connectivity index (χ3v) is 6.26. The van der Waals surface area contributed by atoms with Crippen LogP contribution in [0.25, 0.3) is 27.5 Å². The van der Waals surface area contributed by atoms with Crippen LogP contribution in [0.15, 0.2) is 90.2 Å². The van der Waals surface area contributed by atoms with Crippen molar-refractivity contribution in [1.29, 1.82) is 0 Å². The van der Waals surface area contributed by atoms with Crippen LogP contribution in [0.4, 0.5) is 18.9 Å². The van der Waals surface area contributed by atoms with E-state index < -0.39 is 11.3 Å². The van der Waals surface area contributed by atoms with Crippen LogP contribution in [0.3, 0.4) is 0 Å². The Labute approximate surface area is 225 Å². The molecule has 4 aromatic carbocycles. The standard InChI is InChI=1S/C28H19F3N4O3S/c29-28(30,31)38-22-9-7-21(8-10-22)34-17-33-27-24-11-5-18(13-19(24)6-12-26(27)34)15-32-16-23(39)14-20-3-1-2-4-25(20)35(36)37/h1-13,15,17H,14,16H2. The average molecular weight is 549 g/mol. The summed E-state index contributed by atoms with van der Waals surface area (Å²) in [4.78, 5) is 20.3. The molecule has 5 aromatic rings. The zero-order valence-electron chi connectivity index (χ0n) is 20.1. The van der Waals surface area contributed by atoms with Crippen LogP contribution in [0.5, 0.6) is 5.75 Å². The predicted molar refractivity (Wildman–Crippen MR) is 147 cm³/mol. The van der Waals surface area contributed by atoms with Gasteiger partial charge in [-0.3, -0.25) is 19.7 Å². The molecular formula is C28H19F3N4O3S. The minimum Gasteiger partial charge on any atom is -0.406 e. The Morgan fingerprint density at radius 1 is 1.08 bits per heavy atom. The van der Waals surface area contributed by atoms with Crippen LogP contribution < -0.4 is 4.74 Å². The number of aromatic nitrogens is 2. The van der Waals surface area contributed by atoms with Crippen molar-refractivity contribution in [3.05, 3.63) is 106 Å². The molecule has 0 radical (unpaired) electrons. The van der Waals surface area contributed by atoms with E-state index in [9.17, 15) is 23.3 Å². The first kappa shape index (κ1) is 26.0. The largest absolute Gasteiger partial charge is 0.573 e. The lowest BCUT2D eigenvalue weighted by Gasteiger charge is -2.10. The van der Waals surface area contributed by atoms with E-state index in [1.165, 1.54) is 30.3 Å². The highest BCUT2D eigenvalue weighted by Crippen LogP contribution is 2.29. The number of fused-ring (bicyclic) bond motifs is 3. The summed E-state index contributed by atoms with van der Waals surface area (Å²) in [6.45, 7) is 0.260. The third kappa shape index (κ3) is 5.93. The maximum atomic E-state index is 12.5. The van der Waals surface area contributed by atoms with E-state index in [1.54, 1.807) is 35.3 Å². The van der Waals surface area contributed by atoms with Crippen molar-refractivity contribution >= 4 is 50.8 Å². The summed E-state index contributed by atoms with van der Waals surface area (Å²) in [6, 6.07) is 21.7. The number of imidazole rings is 1. The van der Waals surface area contributed by atoms with Crippen LogP contribution in [0.1, 0.15) is 11.1 Å². The van der Waals surface area contributed by atoms with Crippen molar-refractivity contribution in [2.75, 3.05) is 6.54 Å². The summed E-state index contributed by atoms with van der Waals surface area (Å²) >= 11 is 5.40. The molecule has 0 spiro atoms. The average Bonchev–Trinajstić information content (AvgIpc) is 3.33. The molecule has 1 heterocycles. The van der Waals surface area contributed by atoms with Crippen molar-refractivity contribution in [2.45, 2.75) is 12.8 Å². The van der Waals surface area contributed by atoms with Gasteiger partial charge in [0.15, 0.2) is 0 Å². The van der Waals surface area contributed by atoms with Crippen molar-refractivity contribution in [3.8, 4) is 11.4 Å². The van der Waals surface area contributed by atoms with Gasteiger partial charge in [0.2, 0.25) is 0 Å². The van der Waals surface area contributed by atoms with Crippen molar-refractivity contribution < 1.29 is 22.8 Å². The molecule has 7 nitrogen and oxygen atoms in total. The Hall–Kier alpha value is -4.64. The number of halogens is 3. The molecule has 0 N–H and O–H groups in total. The summed E-state index contributed by atoms with van der Waals surface area (Å²) in [7, 11) is 0. The molecule has 0 saturated carbocycles. The van der Waals surface area contributed by atoms with Gasteiger partial charge in [-0.15, -0.1) is 13.2 Å². The number of rotatable bonds is 8. The topological polar surface area (TPSA) is 82.5 Å². The predicted octanol–water partition coefficient (Wildman–Crippen LogP) is 7.02. The molecule has 0 fully saturated rings. The highest BCUT2D eigenvalue weighted by molar-refractivity contribution is 7.80. The monoisotopic (exact) mass is 548 g/mol. The Morgan fingerprint density at radius 3 is 2.59 bits per heavy atom. The first-order valence-corrected chi connectivity index (χ1v) is 12.1. The lowest BCUT2D eigenvalue weighted by atomic mass is 10.1. The molecular weight excluding hydrogens is 529 g/mol. The molecule has 1 aromatic heterocycles. The van der Waals surface area contributed by atoms with Gasteiger partial charge in [0, 0.05) is 40.2 Å². The fraction of sp³-hybridized carbons (Fsp3) is 0.107. The van der Waals surface area contributed by atoms with Gasteiger partial charge in [-0.25, -0.2) is 4.98 Å². The van der Waals surface area contributed by atoms with Crippen LogP contribution in [-0.4, -0.2) is 38.5 Å². The van der Waals surface area contributed by atoms with Crippen LogP contribution in [0.2, 0.25) is 0 Å².